The Hall–Kier alpha value is -2.42. The first-order valence-electron chi connectivity index (χ1n) is 11.3. The third kappa shape index (κ3) is 4.20. The number of anilines is 1. The topological polar surface area (TPSA) is 88.1 Å². The van der Waals surface area contributed by atoms with E-state index in [1.54, 1.807) is 0 Å². The van der Waals surface area contributed by atoms with E-state index in [1.165, 1.54) is 5.56 Å². The van der Waals surface area contributed by atoms with E-state index < -0.39 is 6.10 Å². The van der Waals surface area contributed by atoms with Gasteiger partial charge in [-0.3, -0.25) is 4.90 Å². The molecule has 4 heterocycles. The molecule has 0 aromatic carbocycles. The van der Waals surface area contributed by atoms with Gasteiger partial charge in [0.2, 0.25) is 0 Å². The number of aliphatic hydroxyl groups is 1. The average molecular weight is 426 g/mol. The molecule has 0 saturated carbocycles. The number of aromatic nitrogens is 3. The van der Waals surface area contributed by atoms with E-state index in [4.69, 9.17) is 19.2 Å². The second-order valence-corrected chi connectivity index (χ2v) is 8.67. The smallest absolute Gasteiger partial charge is 0.158 e. The summed E-state index contributed by atoms with van der Waals surface area (Å²) in [7, 11) is 0. The van der Waals surface area contributed by atoms with Gasteiger partial charge in [-0.05, 0) is 45.6 Å². The summed E-state index contributed by atoms with van der Waals surface area (Å²) in [4.78, 5) is 7.18. The van der Waals surface area contributed by atoms with Gasteiger partial charge in [-0.1, -0.05) is 0 Å². The number of ether oxygens (including phenoxy) is 1. The third-order valence-corrected chi connectivity index (χ3v) is 6.27. The zero-order chi connectivity index (χ0) is 21.4. The summed E-state index contributed by atoms with van der Waals surface area (Å²) in [6.07, 6.45) is 3.82. The van der Waals surface area contributed by atoms with E-state index in [2.05, 4.69) is 10.2 Å². The molecule has 8 heteroatoms. The van der Waals surface area contributed by atoms with Crippen LogP contribution in [0.15, 0.2) is 16.5 Å². The van der Waals surface area contributed by atoms with E-state index in [0.29, 0.717) is 13.1 Å². The lowest BCUT2D eigenvalue weighted by molar-refractivity contribution is 0.0171. The van der Waals surface area contributed by atoms with E-state index in [1.807, 2.05) is 30.5 Å². The molecular formula is C23H31N5O3. The minimum atomic E-state index is -0.464. The molecule has 1 atom stereocenters. The SMILES string of the molecule is Cc1cc(-c2cc3nc4c(c(NCC(O)CN5CCOCC5)n3n2)CCCC4)c(C)o1. The average Bonchev–Trinajstić information content (AvgIpc) is 3.33. The number of hydrogen-bond donors (Lipinski definition) is 2. The van der Waals surface area contributed by atoms with E-state index in [9.17, 15) is 5.11 Å². The van der Waals surface area contributed by atoms with Gasteiger partial charge in [0, 0.05) is 49.1 Å². The molecular weight excluding hydrogens is 394 g/mol. The van der Waals surface area contributed by atoms with Crippen LogP contribution in [0.3, 0.4) is 0 Å². The largest absolute Gasteiger partial charge is 0.466 e. The van der Waals surface area contributed by atoms with Gasteiger partial charge in [-0.25, -0.2) is 4.98 Å². The van der Waals surface area contributed by atoms with Crippen molar-refractivity contribution in [3.05, 3.63) is 34.9 Å². The van der Waals surface area contributed by atoms with Crippen LogP contribution in [0.5, 0.6) is 0 Å². The van der Waals surface area contributed by atoms with E-state index in [-0.39, 0.29) is 0 Å². The molecule has 0 amide bonds. The highest BCUT2D eigenvalue weighted by Gasteiger charge is 2.22. The van der Waals surface area contributed by atoms with E-state index in [0.717, 1.165) is 91.9 Å². The van der Waals surface area contributed by atoms with Gasteiger partial charge in [0.05, 0.1) is 25.0 Å². The summed E-state index contributed by atoms with van der Waals surface area (Å²) in [6.45, 7) is 8.25. The third-order valence-electron chi connectivity index (χ3n) is 6.27. The first-order chi connectivity index (χ1) is 15.1. The minimum absolute atomic E-state index is 0.464. The maximum atomic E-state index is 10.7. The highest BCUT2D eigenvalue weighted by Crippen LogP contribution is 2.31. The number of nitrogens with zero attached hydrogens (tertiary/aromatic N) is 4. The molecule has 1 saturated heterocycles. The van der Waals surface area contributed by atoms with Gasteiger partial charge < -0.3 is 19.6 Å². The second kappa shape index (κ2) is 8.61. The van der Waals surface area contributed by atoms with Crippen molar-refractivity contribution in [3.63, 3.8) is 0 Å². The Bertz CT molecular complexity index is 1070. The zero-order valence-electron chi connectivity index (χ0n) is 18.4. The fourth-order valence-electron chi connectivity index (χ4n) is 4.71. The quantitative estimate of drug-likeness (QED) is 0.628. The molecule has 0 spiro atoms. The lowest BCUT2D eigenvalue weighted by atomic mass is 9.96. The Morgan fingerprint density at radius 3 is 2.74 bits per heavy atom. The number of hydrogen-bond acceptors (Lipinski definition) is 7. The molecule has 0 bridgehead atoms. The molecule has 1 unspecified atom stereocenters. The van der Waals surface area contributed by atoms with Crippen molar-refractivity contribution in [2.45, 2.75) is 45.6 Å². The molecule has 3 aromatic heterocycles. The molecule has 1 aliphatic carbocycles. The Labute approximate surface area is 182 Å². The fraction of sp³-hybridized carbons (Fsp3) is 0.565. The van der Waals surface area contributed by atoms with Gasteiger partial charge in [0.15, 0.2) is 5.65 Å². The Kier molecular flexibility index (Phi) is 5.69. The van der Waals surface area contributed by atoms with Gasteiger partial charge in [-0.15, -0.1) is 0 Å². The Morgan fingerprint density at radius 1 is 1.16 bits per heavy atom. The lowest BCUT2D eigenvalue weighted by Crippen LogP contribution is -2.42. The minimum Gasteiger partial charge on any atom is -0.466 e. The van der Waals surface area contributed by atoms with Crippen LogP contribution in [0.1, 0.15) is 35.6 Å². The number of aryl methyl sites for hydroxylation is 3. The molecule has 5 rings (SSSR count). The number of aliphatic hydroxyl groups excluding tert-OH is 1. The van der Waals surface area contributed by atoms with Crippen molar-refractivity contribution in [1.82, 2.24) is 19.5 Å². The van der Waals surface area contributed by atoms with Gasteiger partial charge in [-0.2, -0.15) is 9.61 Å². The zero-order valence-corrected chi connectivity index (χ0v) is 18.4. The summed E-state index contributed by atoms with van der Waals surface area (Å²) in [5.41, 5.74) is 5.07. The number of furan rings is 1. The number of morpholine rings is 1. The maximum Gasteiger partial charge on any atom is 0.158 e. The molecule has 2 aliphatic rings. The standard InChI is InChI=1S/C23H31N5O3/c1-15-11-19(16(2)31-15)21-12-22-25-20-6-4-3-5-18(20)23(28(22)26-21)24-13-17(29)14-27-7-9-30-10-8-27/h11-12,17,24,29H,3-10,13-14H2,1-2H3. The summed E-state index contributed by atoms with van der Waals surface area (Å²) in [6, 6.07) is 4.05. The first-order valence-corrected chi connectivity index (χ1v) is 11.3. The van der Waals surface area contributed by atoms with Crippen LogP contribution >= 0.6 is 0 Å². The number of β-amino-alcohol motifs (C(OH)–C–C–N with tert-alkyl or cyclic N) is 1. The van der Waals surface area contributed by atoms with Crippen LogP contribution in [-0.2, 0) is 17.6 Å². The van der Waals surface area contributed by atoms with Crippen LogP contribution < -0.4 is 5.32 Å². The predicted octanol–water partition coefficient (Wildman–Crippen LogP) is 2.59. The predicted molar refractivity (Wildman–Crippen MR) is 119 cm³/mol. The van der Waals surface area contributed by atoms with Gasteiger partial charge in [0.1, 0.15) is 17.3 Å². The normalized spacial score (nSPS) is 18.3. The molecule has 31 heavy (non-hydrogen) atoms. The van der Waals surface area contributed by atoms with Crippen molar-refractivity contribution in [2.24, 2.45) is 0 Å². The van der Waals surface area contributed by atoms with Crippen molar-refractivity contribution >= 4 is 11.5 Å². The van der Waals surface area contributed by atoms with Gasteiger partial charge >= 0.3 is 0 Å². The molecule has 8 nitrogen and oxygen atoms in total. The Morgan fingerprint density at radius 2 is 1.97 bits per heavy atom. The highest BCUT2D eigenvalue weighted by atomic mass is 16.5. The van der Waals surface area contributed by atoms with Crippen LogP contribution in [0.2, 0.25) is 0 Å². The molecule has 1 aliphatic heterocycles. The number of rotatable bonds is 6. The van der Waals surface area contributed by atoms with Crippen LogP contribution in [-0.4, -0.2) is 70.1 Å². The molecule has 166 valence electrons. The number of fused-ring (bicyclic) bond motifs is 2. The van der Waals surface area contributed by atoms with Gasteiger partial charge in [0.25, 0.3) is 0 Å². The van der Waals surface area contributed by atoms with Crippen molar-refractivity contribution in [1.29, 1.82) is 0 Å². The highest BCUT2D eigenvalue weighted by molar-refractivity contribution is 5.68. The van der Waals surface area contributed by atoms with Crippen LogP contribution in [0.25, 0.3) is 16.9 Å². The number of nitrogens with one attached hydrogen (secondary N) is 1. The molecule has 0 radical (unpaired) electrons. The fourth-order valence-corrected chi connectivity index (χ4v) is 4.71. The van der Waals surface area contributed by atoms with Crippen LogP contribution in [0, 0.1) is 13.8 Å². The lowest BCUT2D eigenvalue weighted by Gasteiger charge is -2.29. The monoisotopic (exact) mass is 425 g/mol. The summed E-state index contributed by atoms with van der Waals surface area (Å²) in [5, 5.41) is 19.1. The second-order valence-electron chi connectivity index (χ2n) is 8.67. The molecule has 2 N–H and O–H groups in total. The van der Waals surface area contributed by atoms with Crippen molar-refractivity contribution in [2.75, 3.05) is 44.7 Å². The first kappa shape index (κ1) is 20.5. The van der Waals surface area contributed by atoms with Crippen molar-refractivity contribution < 1.29 is 14.3 Å². The summed E-state index contributed by atoms with van der Waals surface area (Å²) >= 11 is 0. The molecule has 1 fully saturated rings. The van der Waals surface area contributed by atoms with E-state index >= 15 is 0 Å². The summed E-state index contributed by atoms with van der Waals surface area (Å²) < 4.78 is 13.0. The molecule has 3 aromatic rings. The maximum absolute atomic E-state index is 10.7. The Balaban J connectivity index is 1.44. The van der Waals surface area contributed by atoms with Crippen molar-refractivity contribution in [3.8, 4) is 11.3 Å². The summed E-state index contributed by atoms with van der Waals surface area (Å²) in [5.74, 6) is 2.70. The van der Waals surface area contributed by atoms with Crippen LogP contribution in [0.4, 0.5) is 5.82 Å².